The maximum Gasteiger partial charge on any atom is 0.269 e. The Balaban J connectivity index is 1.41. The number of fused-ring (bicyclic) bond motifs is 1. The van der Waals surface area contributed by atoms with E-state index in [-0.39, 0.29) is 5.91 Å². The van der Waals surface area contributed by atoms with Gasteiger partial charge in [-0.1, -0.05) is 62.2 Å². The van der Waals surface area contributed by atoms with E-state index in [0.717, 1.165) is 17.4 Å². The molecular formula is C23H26N4O2S. The van der Waals surface area contributed by atoms with Gasteiger partial charge in [0.1, 0.15) is 5.52 Å². The molecule has 0 saturated heterocycles. The highest BCUT2D eigenvalue weighted by Crippen LogP contribution is 2.30. The Kier molecular flexibility index (Phi) is 5.99. The number of carbonyl (C=O) groups is 1. The monoisotopic (exact) mass is 422 g/mol. The first kappa shape index (κ1) is 20.3. The molecule has 1 aliphatic rings. The summed E-state index contributed by atoms with van der Waals surface area (Å²) in [5.74, 6) is 1.58. The Hall–Kier alpha value is -2.93. The van der Waals surface area contributed by atoms with Gasteiger partial charge >= 0.3 is 0 Å². The standard InChI is InChI=1S/C23H26N4O2S/c1-14-7-6-10-19(15(14)2)24-23(30)26-25-22(28)17-11-12-20-18(13-17)21(29-27-20)16-8-4-3-5-9-16/h3-5,8-9,11-15,19H,6-7,10H2,1-2H3,(H,25,28)(H2,24,26,30)/t14-,15-,19-/m1/s1. The van der Waals surface area contributed by atoms with E-state index < -0.39 is 0 Å². The highest BCUT2D eigenvalue weighted by Gasteiger charge is 2.27. The lowest BCUT2D eigenvalue weighted by Gasteiger charge is -2.35. The van der Waals surface area contributed by atoms with Crippen LogP contribution in [0.5, 0.6) is 0 Å². The van der Waals surface area contributed by atoms with E-state index in [0.29, 0.717) is 39.8 Å². The van der Waals surface area contributed by atoms with E-state index in [1.807, 2.05) is 30.3 Å². The maximum atomic E-state index is 12.7. The Bertz CT molecular complexity index is 1050. The molecule has 2 aromatic carbocycles. The van der Waals surface area contributed by atoms with Gasteiger partial charge in [-0.05, 0) is 48.7 Å². The van der Waals surface area contributed by atoms with Gasteiger partial charge in [0.2, 0.25) is 0 Å². The molecule has 4 rings (SSSR count). The first-order valence-corrected chi connectivity index (χ1v) is 10.8. The van der Waals surface area contributed by atoms with E-state index in [4.69, 9.17) is 16.7 Å². The smallest absolute Gasteiger partial charge is 0.269 e. The minimum atomic E-state index is -0.272. The van der Waals surface area contributed by atoms with E-state index in [1.165, 1.54) is 12.8 Å². The lowest BCUT2D eigenvalue weighted by molar-refractivity contribution is 0.0943. The largest absolute Gasteiger partial charge is 0.358 e. The normalized spacial score (nSPS) is 21.2. The topological polar surface area (TPSA) is 79.2 Å². The number of aromatic nitrogens is 1. The first-order valence-electron chi connectivity index (χ1n) is 10.3. The molecule has 0 radical (unpaired) electrons. The van der Waals surface area contributed by atoms with Crippen LogP contribution in [-0.2, 0) is 0 Å². The zero-order valence-electron chi connectivity index (χ0n) is 17.1. The third-order valence-electron chi connectivity index (χ3n) is 6.09. The molecule has 1 saturated carbocycles. The van der Waals surface area contributed by atoms with Crippen LogP contribution in [0.3, 0.4) is 0 Å². The number of rotatable bonds is 3. The van der Waals surface area contributed by atoms with Gasteiger partial charge in [-0.2, -0.15) is 0 Å². The predicted octanol–water partition coefficient (Wildman–Crippen LogP) is 4.43. The van der Waals surface area contributed by atoms with Gasteiger partial charge in [0, 0.05) is 17.2 Å². The Labute approximate surface area is 181 Å². The Morgan fingerprint density at radius 2 is 1.90 bits per heavy atom. The van der Waals surface area contributed by atoms with Crippen LogP contribution in [0.15, 0.2) is 53.1 Å². The summed E-state index contributed by atoms with van der Waals surface area (Å²) in [5.41, 5.74) is 7.64. The number of thiocarbonyl (C=S) groups is 1. The summed E-state index contributed by atoms with van der Waals surface area (Å²) >= 11 is 5.38. The molecule has 3 aromatic rings. The second kappa shape index (κ2) is 8.83. The summed E-state index contributed by atoms with van der Waals surface area (Å²) in [4.78, 5) is 12.7. The molecule has 0 bridgehead atoms. The third kappa shape index (κ3) is 4.31. The zero-order valence-corrected chi connectivity index (χ0v) is 18.0. The van der Waals surface area contributed by atoms with Crippen LogP contribution < -0.4 is 16.2 Å². The van der Waals surface area contributed by atoms with Crippen molar-refractivity contribution in [1.29, 1.82) is 0 Å². The van der Waals surface area contributed by atoms with Crippen LogP contribution in [0.1, 0.15) is 43.5 Å². The molecule has 3 N–H and O–H groups in total. The average Bonchev–Trinajstić information content (AvgIpc) is 3.19. The summed E-state index contributed by atoms with van der Waals surface area (Å²) in [5, 5.41) is 8.66. The van der Waals surface area contributed by atoms with Crippen LogP contribution in [0.2, 0.25) is 0 Å². The fraction of sp³-hybridized carbons (Fsp3) is 0.348. The van der Waals surface area contributed by atoms with Crippen molar-refractivity contribution in [2.75, 3.05) is 0 Å². The highest BCUT2D eigenvalue weighted by atomic mass is 32.1. The van der Waals surface area contributed by atoms with E-state index in [2.05, 4.69) is 35.2 Å². The third-order valence-corrected chi connectivity index (χ3v) is 6.31. The van der Waals surface area contributed by atoms with Crippen molar-refractivity contribution in [1.82, 2.24) is 21.3 Å². The average molecular weight is 423 g/mol. The predicted molar refractivity (Wildman–Crippen MR) is 122 cm³/mol. The molecule has 1 aromatic heterocycles. The SMILES string of the molecule is C[C@@H]1[C@H](C)CCC[C@H]1NC(=S)NNC(=O)c1ccc2noc(-c3ccccc3)c2c1. The van der Waals surface area contributed by atoms with Gasteiger partial charge in [0.05, 0.1) is 5.39 Å². The second-order valence-electron chi connectivity index (χ2n) is 8.04. The van der Waals surface area contributed by atoms with E-state index in [1.54, 1.807) is 18.2 Å². The Morgan fingerprint density at radius 3 is 2.70 bits per heavy atom. The zero-order chi connectivity index (χ0) is 21.1. The molecule has 7 heteroatoms. The second-order valence-corrected chi connectivity index (χ2v) is 8.44. The molecule has 3 atom stereocenters. The fourth-order valence-corrected chi connectivity index (χ4v) is 4.26. The molecule has 0 spiro atoms. The maximum absolute atomic E-state index is 12.7. The molecule has 1 fully saturated rings. The molecule has 6 nitrogen and oxygen atoms in total. The number of nitrogens with one attached hydrogen (secondary N) is 3. The van der Waals surface area contributed by atoms with Crippen molar-refractivity contribution in [2.45, 2.75) is 39.2 Å². The van der Waals surface area contributed by atoms with Gasteiger partial charge in [0.15, 0.2) is 10.9 Å². The molecule has 1 amide bonds. The molecule has 1 aliphatic carbocycles. The summed E-state index contributed by atoms with van der Waals surface area (Å²) < 4.78 is 5.51. The number of benzene rings is 2. The summed E-state index contributed by atoms with van der Waals surface area (Å²) in [6.07, 6.45) is 3.54. The van der Waals surface area contributed by atoms with Crippen molar-refractivity contribution in [3.63, 3.8) is 0 Å². The van der Waals surface area contributed by atoms with Crippen LogP contribution in [0, 0.1) is 11.8 Å². The molecule has 0 aliphatic heterocycles. The van der Waals surface area contributed by atoms with Crippen LogP contribution in [-0.4, -0.2) is 22.2 Å². The van der Waals surface area contributed by atoms with Crippen LogP contribution in [0.4, 0.5) is 0 Å². The van der Waals surface area contributed by atoms with Crippen molar-refractivity contribution in [2.24, 2.45) is 11.8 Å². The number of nitrogens with zero attached hydrogens (tertiary/aromatic N) is 1. The van der Waals surface area contributed by atoms with Gasteiger partial charge in [-0.15, -0.1) is 0 Å². The molecule has 156 valence electrons. The number of hydrogen-bond donors (Lipinski definition) is 3. The van der Waals surface area contributed by atoms with Crippen LogP contribution >= 0.6 is 12.2 Å². The van der Waals surface area contributed by atoms with Crippen molar-refractivity contribution in [3.05, 3.63) is 54.1 Å². The number of carbonyl (C=O) groups excluding carboxylic acids is 1. The lowest BCUT2D eigenvalue weighted by atomic mass is 9.78. The fourth-order valence-electron chi connectivity index (χ4n) is 4.06. The lowest BCUT2D eigenvalue weighted by Crippen LogP contribution is -2.52. The minimum absolute atomic E-state index is 0.272. The molecule has 0 unspecified atom stereocenters. The molecule has 1 heterocycles. The van der Waals surface area contributed by atoms with Gasteiger partial charge in [-0.25, -0.2) is 0 Å². The van der Waals surface area contributed by atoms with E-state index >= 15 is 0 Å². The van der Waals surface area contributed by atoms with Gasteiger partial charge in [0.25, 0.3) is 5.91 Å². The van der Waals surface area contributed by atoms with Crippen molar-refractivity contribution >= 4 is 34.1 Å². The number of hydrazine groups is 1. The highest BCUT2D eigenvalue weighted by molar-refractivity contribution is 7.80. The molecule has 30 heavy (non-hydrogen) atoms. The minimum Gasteiger partial charge on any atom is -0.358 e. The molecular weight excluding hydrogens is 396 g/mol. The first-order chi connectivity index (χ1) is 14.5. The van der Waals surface area contributed by atoms with Crippen molar-refractivity contribution in [3.8, 4) is 11.3 Å². The van der Waals surface area contributed by atoms with Crippen LogP contribution in [0.25, 0.3) is 22.2 Å². The summed E-state index contributed by atoms with van der Waals surface area (Å²) in [6, 6.07) is 15.3. The van der Waals surface area contributed by atoms with Gasteiger partial charge < -0.3 is 9.84 Å². The number of hydrogen-bond acceptors (Lipinski definition) is 4. The van der Waals surface area contributed by atoms with E-state index in [9.17, 15) is 4.79 Å². The summed E-state index contributed by atoms with van der Waals surface area (Å²) in [7, 11) is 0. The summed E-state index contributed by atoms with van der Waals surface area (Å²) in [6.45, 7) is 4.53. The number of amides is 1. The van der Waals surface area contributed by atoms with Crippen molar-refractivity contribution < 1.29 is 9.32 Å². The van der Waals surface area contributed by atoms with Gasteiger partial charge in [-0.3, -0.25) is 15.6 Å². The quantitative estimate of drug-likeness (QED) is 0.428. The Morgan fingerprint density at radius 1 is 1.10 bits per heavy atom.